The summed E-state index contributed by atoms with van der Waals surface area (Å²) in [7, 11) is 1.63. The molecule has 0 aliphatic heterocycles. The smallest absolute Gasteiger partial charge is 0.307 e. The topological polar surface area (TPSA) is 46.5 Å². The lowest BCUT2D eigenvalue weighted by Crippen LogP contribution is -2.35. The number of carbonyl (C=O) groups is 1. The monoisotopic (exact) mass is 238 g/mol. The molecule has 16 heavy (non-hydrogen) atoms. The highest BCUT2D eigenvalue weighted by molar-refractivity contribution is 8.00. The van der Waals surface area contributed by atoms with Crippen molar-refractivity contribution in [1.29, 1.82) is 0 Å². The van der Waals surface area contributed by atoms with Crippen molar-refractivity contribution in [3.63, 3.8) is 0 Å². The number of thioether (sulfide) groups is 1. The van der Waals surface area contributed by atoms with Crippen LogP contribution in [0, 0.1) is 5.92 Å². The summed E-state index contributed by atoms with van der Waals surface area (Å²) in [6.45, 7) is 0. The molecule has 2 atom stereocenters. The van der Waals surface area contributed by atoms with Crippen LogP contribution in [0.5, 0.6) is 5.75 Å². The molecule has 0 aromatic heterocycles. The molecule has 0 heterocycles. The van der Waals surface area contributed by atoms with E-state index in [0.29, 0.717) is 0 Å². The predicted octanol–water partition coefficient (Wildman–Crippen LogP) is 2.65. The third-order valence-electron chi connectivity index (χ3n) is 2.88. The van der Waals surface area contributed by atoms with Gasteiger partial charge in [-0.1, -0.05) is 12.1 Å². The molecule has 86 valence electrons. The molecule has 0 amide bonds. The Hall–Kier alpha value is -1.16. The molecule has 3 nitrogen and oxygen atoms in total. The van der Waals surface area contributed by atoms with Gasteiger partial charge in [0.2, 0.25) is 0 Å². The molecule has 0 saturated heterocycles. The van der Waals surface area contributed by atoms with Crippen molar-refractivity contribution in [3.05, 3.63) is 24.3 Å². The zero-order chi connectivity index (χ0) is 11.5. The van der Waals surface area contributed by atoms with Crippen molar-refractivity contribution in [2.75, 3.05) is 7.11 Å². The molecule has 0 spiro atoms. The number of hydrogen-bond acceptors (Lipinski definition) is 3. The van der Waals surface area contributed by atoms with Gasteiger partial charge in [-0.05, 0) is 25.0 Å². The second-order valence-corrected chi connectivity index (χ2v) is 5.11. The van der Waals surface area contributed by atoms with Crippen LogP contribution in [0.15, 0.2) is 29.2 Å². The Bertz CT molecular complexity index is 392. The van der Waals surface area contributed by atoms with Gasteiger partial charge in [0.15, 0.2) is 0 Å². The van der Waals surface area contributed by atoms with E-state index in [9.17, 15) is 4.79 Å². The number of benzene rings is 1. The maximum Gasteiger partial charge on any atom is 0.307 e. The maximum atomic E-state index is 10.9. The molecule has 4 heteroatoms. The number of para-hydroxylation sites is 1. The van der Waals surface area contributed by atoms with Crippen LogP contribution in [0.2, 0.25) is 0 Å². The van der Waals surface area contributed by atoms with Crippen LogP contribution in [-0.2, 0) is 4.79 Å². The normalized spacial score (nSPS) is 23.6. The summed E-state index contributed by atoms with van der Waals surface area (Å²) in [5, 5.41) is 9.15. The van der Waals surface area contributed by atoms with Crippen LogP contribution in [0.3, 0.4) is 0 Å². The number of aliphatic carboxylic acids is 1. The van der Waals surface area contributed by atoms with E-state index in [4.69, 9.17) is 9.84 Å². The Morgan fingerprint density at radius 3 is 2.75 bits per heavy atom. The van der Waals surface area contributed by atoms with E-state index in [-0.39, 0.29) is 11.2 Å². The first-order valence-electron chi connectivity index (χ1n) is 5.25. The number of carboxylic acids is 1. The first kappa shape index (κ1) is 11.3. The standard InChI is InChI=1S/C12H14O3S/c1-15-9-4-2-3-5-11(9)16-10-7-6-8(10)12(13)14/h2-5,8,10H,6-7H2,1H3,(H,13,14). The summed E-state index contributed by atoms with van der Waals surface area (Å²) in [5.74, 6) is -0.0582. The maximum absolute atomic E-state index is 10.9. The number of hydrogen-bond donors (Lipinski definition) is 1. The minimum atomic E-state index is -0.682. The van der Waals surface area contributed by atoms with E-state index in [1.54, 1.807) is 18.9 Å². The molecule has 1 aromatic carbocycles. The second-order valence-electron chi connectivity index (χ2n) is 3.83. The summed E-state index contributed by atoms with van der Waals surface area (Å²) in [4.78, 5) is 11.9. The van der Waals surface area contributed by atoms with Gasteiger partial charge in [0, 0.05) is 10.1 Å². The second kappa shape index (κ2) is 4.78. The molecule has 1 N–H and O–H groups in total. The average molecular weight is 238 g/mol. The third-order valence-corrected chi connectivity index (χ3v) is 4.33. The van der Waals surface area contributed by atoms with Crippen molar-refractivity contribution in [1.82, 2.24) is 0 Å². The molecule has 2 rings (SSSR count). The molecule has 1 aliphatic carbocycles. The SMILES string of the molecule is COc1ccccc1SC1CCC1C(=O)O. The fourth-order valence-electron chi connectivity index (χ4n) is 1.77. The van der Waals surface area contributed by atoms with Gasteiger partial charge in [0.25, 0.3) is 0 Å². The van der Waals surface area contributed by atoms with Gasteiger partial charge in [-0.2, -0.15) is 0 Å². The fourth-order valence-corrected chi connectivity index (χ4v) is 3.19. The lowest BCUT2D eigenvalue weighted by molar-refractivity contribution is -0.144. The highest BCUT2D eigenvalue weighted by Crippen LogP contribution is 2.43. The van der Waals surface area contributed by atoms with Gasteiger partial charge < -0.3 is 9.84 Å². The Labute approximate surface area is 98.8 Å². The zero-order valence-corrected chi connectivity index (χ0v) is 9.87. The first-order chi connectivity index (χ1) is 7.72. The average Bonchev–Trinajstić information content (AvgIpc) is 2.24. The minimum absolute atomic E-state index is 0.189. The minimum Gasteiger partial charge on any atom is -0.496 e. The predicted molar refractivity (Wildman–Crippen MR) is 63.0 cm³/mol. The number of methoxy groups -OCH3 is 1. The van der Waals surface area contributed by atoms with Crippen LogP contribution in [0.1, 0.15) is 12.8 Å². The van der Waals surface area contributed by atoms with Crippen LogP contribution in [0.4, 0.5) is 0 Å². The van der Waals surface area contributed by atoms with Gasteiger partial charge in [0.05, 0.1) is 13.0 Å². The van der Waals surface area contributed by atoms with Gasteiger partial charge >= 0.3 is 5.97 Å². The van der Waals surface area contributed by atoms with Crippen LogP contribution in [-0.4, -0.2) is 23.4 Å². The van der Waals surface area contributed by atoms with Crippen LogP contribution < -0.4 is 4.74 Å². The molecular weight excluding hydrogens is 224 g/mol. The molecule has 2 unspecified atom stereocenters. The van der Waals surface area contributed by atoms with E-state index in [1.165, 1.54) is 0 Å². The summed E-state index contributed by atoms with van der Waals surface area (Å²) in [5.41, 5.74) is 0. The van der Waals surface area contributed by atoms with Gasteiger partial charge in [0.1, 0.15) is 5.75 Å². The Morgan fingerprint density at radius 1 is 1.44 bits per heavy atom. The molecule has 1 fully saturated rings. The molecule has 1 aliphatic rings. The van der Waals surface area contributed by atoms with Gasteiger partial charge in [-0.25, -0.2) is 0 Å². The Balaban J connectivity index is 2.06. The number of ether oxygens (including phenoxy) is 1. The Morgan fingerprint density at radius 2 is 2.19 bits per heavy atom. The largest absolute Gasteiger partial charge is 0.496 e. The van der Waals surface area contributed by atoms with Crippen LogP contribution in [0.25, 0.3) is 0 Å². The van der Waals surface area contributed by atoms with Crippen molar-refractivity contribution >= 4 is 17.7 Å². The van der Waals surface area contributed by atoms with Crippen molar-refractivity contribution in [2.45, 2.75) is 23.0 Å². The summed E-state index contributed by atoms with van der Waals surface area (Å²) >= 11 is 1.61. The molecule has 0 bridgehead atoms. The quantitative estimate of drug-likeness (QED) is 0.876. The van der Waals surface area contributed by atoms with E-state index in [2.05, 4.69) is 0 Å². The van der Waals surface area contributed by atoms with Gasteiger partial charge in [-0.3, -0.25) is 4.79 Å². The van der Waals surface area contributed by atoms with E-state index < -0.39 is 5.97 Å². The van der Waals surface area contributed by atoms with Crippen molar-refractivity contribution < 1.29 is 14.6 Å². The van der Waals surface area contributed by atoms with Crippen LogP contribution >= 0.6 is 11.8 Å². The molecule has 1 aromatic rings. The van der Waals surface area contributed by atoms with Gasteiger partial charge in [-0.15, -0.1) is 11.8 Å². The Kier molecular flexibility index (Phi) is 3.39. The molecule has 0 radical (unpaired) electrons. The summed E-state index contributed by atoms with van der Waals surface area (Å²) in [6.07, 6.45) is 1.77. The van der Waals surface area contributed by atoms with E-state index in [1.807, 2.05) is 24.3 Å². The summed E-state index contributed by atoms with van der Waals surface area (Å²) in [6, 6.07) is 7.73. The highest BCUT2D eigenvalue weighted by Gasteiger charge is 2.37. The zero-order valence-electron chi connectivity index (χ0n) is 9.05. The van der Waals surface area contributed by atoms with E-state index in [0.717, 1.165) is 23.5 Å². The lowest BCUT2D eigenvalue weighted by atomic mass is 9.85. The number of carboxylic acid groups (broad SMARTS) is 1. The molecular formula is C12H14O3S. The number of rotatable bonds is 4. The highest BCUT2D eigenvalue weighted by atomic mass is 32.2. The molecule has 1 saturated carbocycles. The van der Waals surface area contributed by atoms with Crippen molar-refractivity contribution in [2.24, 2.45) is 5.92 Å². The lowest BCUT2D eigenvalue weighted by Gasteiger charge is -2.32. The third kappa shape index (κ3) is 2.16. The fraction of sp³-hybridized carbons (Fsp3) is 0.417. The van der Waals surface area contributed by atoms with E-state index >= 15 is 0 Å². The van der Waals surface area contributed by atoms with Crippen molar-refractivity contribution in [3.8, 4) is 5.75 Å². The summed E-state index contributed by atoms with van der Waals surface area (Å²) < 4.78 is 5.24. The first-order valence-corrected chi connectivity index (χ1v) is 6.13.